The van der Waals surface area contributed by atoms with Crippen molar-refractivity contribution in [1.29, 1.82) is 0 Å². The number of amides is 1. The van der Waals surface area contributed by atoms with Crippen molar-refractivity contribution in [2.24, 2.45) is 38.8 Å². The van der Waals surface area contributed by atoms with Crippen molar-refractivity contribution in [3.8, 4) is 0 Å². The number of rotatable bonds is 2. The van der Waals surface area contributed by atoms with Crippen molar-refractivity contribution in [3.05, 3.63) is 22.7 Å². The van der Waals surface area contributed by atoms with Gasteiger partial charge in [-0.2, -0.15) is 5.11 Å². The van der Waals surface area contributed by atoms with Crippen LogP contribution >= 0.6 is 0 Å². The van der Waals surface area contributed by atoms with Crippen LogP contribution in [0.25, 0.3) is 0 Å². The molecule has 1 amide bonds. The summed E-state index contributed by atoms with van der Waals surface area (Å²) in [7, 11) is 0. The van der Waals surface area contributed by atoms with Crippen LogP contribution in [0.3, 0.4) is 0 Å². The Labute approximate surface area is 189 Å². The number of Topliss-reactive ketones (excluding diaryl/α,β-unsaturated/α-hetero) is 1. The number of hydrogen-bond acceptors (Lipinski definition) is 6. The van der Waals surface area contributed by atoms with E-state index >= 15 is 0 Å². The average Bonchev–Trinajstić information content (AvgIpc) is 3.23. The van der Waals surface area contributed by atoms with Crippen LogP contribution in [0.15, 0.2) is 32.9 Å². The molecule has 2 aliphatic carbocycles. The van der Waals surface area contributed by atoms with Gasteiger partial charge >= 0.3 is 0 Å². The van der Waals surface area contributed by atoms with Crippen LogP contribution in [-0.2, 0) is 14.3 Å². The highest BCUT2D eigenvalue weighted by molar-refractivity contribution is 6.00. The fraction of sp³-hybridized carbons (Fsp3) is 0.760. The number of carbonyl (C=O) groups excluding carboxylic acids is 2. The summed E-state index contributed by atoms with van der Waals surface area (Å²) >= 11 is 0. The normalized spacial score (nSPS) is 36.4. The second-order valence-electron chi connectivity index (χ2n) is 12.2. The maximum absolute atomic E-state index is 13.4. The number of ketones is 1. The van der Waals surface area contributed by atoms with Crippen LogP contribution in [-0.4, -0.2) is 48.4 Å². The van der Waals surface area contributed by atoms with Crippen LogP contribution in [0, 0.1) is 28.6 Å². The molecule has 3 fully saturated rings. The Hall–Kier alpha value is -2.02. The van der Waals surface area contributed by atoms with Crippen LogP contribution in [0.1, 0.15) is 59.8 Å². The minimum atomic E-state index is -0.443. The lowest BCUT2D eigenvalue weighted by molar-refractivity contribution is -0.166. The maximum atomic E-state index is 13.4. The minimum Gasteiger partial charge on any atom is -0.370 e. The van der Waals surface area contributed by atoms with Gasteiger partial charge in [-0.3, -0.25) is 9.59 Å². The summed E-state index contributed by atoms with van der Waals surface area (Å²) in [6.45, 7) is 11.1. The van der Waals surface area contributed by atoms with Gasteiger partial charge in [-0.1, -0.05) is 27.7 Å². The summed E-state index contributed by atoms with van der Waals surface area (Å²) in [6, 6.07) is 0. The van der Waals surface area contributed by atoms with Gasteiger partial charge in [-0.25, -0.2) is 0 Å². The van der Waals surface area contributed by atoms with Crippen molar-refractivity contribution in [2.45, 2.75) is 65.4 Å². The number of likely N-dealkylation sites (tertiary alicyclic amines) is 1. The van der Waals surface area contributed by atoms with E-state index in [1.807, 2.05) is 4.90 Å². The Morgan fingerprint density at radius 1 is 1.22 bits per heavy atom. The predicted molar refractivity (Wildman–Crippen MR) is 118 cm³/mol. The first-order valence-electron chi connectivity index (χ1n) is 12.2. The number of ether oxygens (including phenoxy) is 1. The molecule has 1 saturated carbocycles. The Morgan fingerprint density at radius 2 is 1.97 bits per heavy atom. The number of allylic oxidation sites excluding steroid dienone is 1. The fourth-order valence-corrected chi connectivity index (χ4v) is 7.02. The highest BCUT2D eigenvalue weighted by Crippen LogP contribution is 2.59. The van der Waals surface area contributed by atoms with Gasteiger partial charge in [-0.15, -0.1) is 5.11 Å². The molecule has 0 aromatic heterocycles. The van der Waals surface area contributed by atoms with E-state index in [0.717, 1.165) is 48.3 Å². The zero-order chi connectivity index (χ0) is 22.5. The van der Waals surface area contributed by atoms with Crippen molar-refractivity contribution in [3.63, 3.8) is 0 Å². The first-order chi connectivity index (χ1) is 15.1. The molecule has 1 atom stereocenters. The van der Waals surface area contributed by atoms with Gasteiger partial charge < -0.3 is 15.0 Å². The van der Waals surface area contributed by atoms with E-state index in [2.05, 4.69) is 43.2 Å². The molecule has 4 heterocycles. The molecular formula is C25H34N4O3. The lowest BCUT2D eigenvalue weighted by atomic mass is 9.61. The standard InChI is InChI=1S/C25H34N4O3/c1-14(2)15-5-16(6-15)22(31)29-11-24(12-29)10-25(13-32-24)17-9-26-28-21(17)27-18-7-23(3,4)8-19(30)20(18)25/h14-16,27H,5-13H2,1-4H3. The summed E-state index contributed by atoms with van der Waals surface area (Å²) in [5.41, 5.74) is 2.16. The van der Waals surface area contributed by atoms with Gasteiger partial charge in [0.2, 0.25) is 5.91 Å². The summed E-state index contributed by atoms with van der Waals surface area (Å²) in [4.78, 5) is 28.4. The van der Waals surface area contributed by atoms with Crippen molar-refractivity contribution in [1.82, 2.24) is 10.2 Å². The van der Waals surface area contributed by atoms with Crippen molar-refractivity contribution in [2.75, 3.05) is 26.2 Å². The van der Waals surface area contributed by atoms with E-state index in [9.17, 15) is 9.59 Å². The second kappa shape index (κ2) is 6.52. The molecule has 6 rings (SSSR count). The molecule has 172 valence electrons. The molecule has 32 heavy (non-hydrogen) atoms. The molecule has 1 N–H and O–H groups in total. The number of carbonyl (C=O) groups is 2. The molecule has 0 radical (unpaired) electrons. The lowest BCUT2D eigenvalue weighted by Gasteiger charge is -2.51. The number of azo groups is 1. The number of hydrogen-bond donors (Lipinski definition) is 1. The molecule has 0 bridgehead atoms. The predicted octanol–water partition coefficient (Wildman–Crippen LogP) is 3.58. The molecule has 0 aromatic carbocycles. The van der Waals surface area contributed by atoms with Crippen LogP contribution in [0.4, 0.5) is 0 Å². The van der Waals surface area contributed by atoms with Crippen LogP contribution in [0.5, 0.6) is 0 Å². The first-order valence-corrected chi connectivity index (χ1v) is 12.2. The van der Waals surface area contributed by atoms with Crippen molar-refractivity contribution >= 4 is 11.7 Å². The van der Waals surface area contributed by atoms with E-state index in [1.165, 1.54) is 0 Å². The monoisotopic (exact) mass is 438 g/mol. The summed E-state index contributed by atoms with van der Waals surface area (Å²) in [5.74, 6) is 2.87. The van der Waals surface area contributed by atoms with Crippen LogP contribution < -0.4 is 5.32 Å². The molecule has 7 nitrogen and oxygen atoms in total. The topological polar surface area (TPSA) is 83.4 Å². The number of nitrogens with one attached hydrogen (secondary N) is 1. The van der Waals surface area contributed by atoms with E-state index in [-0.39, 0.29) is 22.7 Å². The smallest absolute Gasteiger partial charge is 0.225 e. The van der Waals surface area contributed by atoms with Crippen molar-refractivity contribution < 1.29 is 14.3 Å². The van der Waals surface area contributed by atoms with E-state index in [4.69, 9.17) is 4.74 Å². The zero-order valence-corrected chi connectivity index (χ0v) is 19.7. The Bertz CT molecular complexity index is 995. The SMILES string of the molecule is CC(C)C1CC(C(=O)N2CC3(C2)CC2(CO3)C3=C(N=NC3)NC3=C2C(=O)CC(C)(C)C3)C1. The van der Waals surface area contributed by atoms with E-state index < -0.39 is 5.41 Å². The van der Waals surface area contributed by atoms with E-state index in [1.54, 1.807) is 0 Å². The lowest BCUT2D eigenvalue weighted by Crippen LogP contribution is -2.65. The third-order valence-electron chi connectivity index (χ3n) is 8.87. The Kier molecular flexibility index (Phi) is 4.19. The summed E-state index contributed by atoms with van der Waals surface area (Å²) in [6.07, 6.45) is 4.19. The second-order valence-corrected chi connectivity index (χ2v) is 12.2. The van der Waals surface area contributed by atoms with Gasteiger partial charge in [0, 0.05) is 29.2 Å². The Morgan fingerprint density at radius 3 is 2.69 bits per heavy atom. The molecule has 7 heteroatoms. The highest BCUT2D eigenvalue weighted by atomic mass is 16.5. The quantitative estimate of drug-likeness (QED) is 0.714. The van der Waals surface area contributed by atoms with Gasteiger partial charge in [0.25, 0.3) is 0 Å². The molecular weight excluding hydrogens is 404 g/mol. The van der Waals surface area contributed by atoms with Gasteiger partial charge in [0.1, 0.15) is 5.60 Å². The Balaban J connectivity index is 1.23. The molecule has 0 aromatic rings. The third-order valence-corrected chi connectivity index (χ3v) is 8.87. The molecule has 1 unspecified atom stereocenters. The number of dihydropyridines is 1. The van der Waals surface area contributed by atoms with Gasteiger partial charge in [0.15, 0.2) is 11.6 Å². The van der Waals surface area contributed by atoms with E-state index in [0.29, 0.717) is 50.4 Å². The number of fused-ring (bicyclic) bond motifs is 2. The molecule has 2 saturated heterocycles. The van der Waals surface area contributed by atoms with Crippen LogP contribution in [0.2, 0.25) is 0 Å². The fourth-order valence-electron chi connectivity index (χ4n) is 7.02. The largest absolute Gasteiger partial charge is 0.370 e. The van der Waals surface area contributed by atoms with Gasteiger partial charge in [-0.05, 0) is 42.9 Å². The first kappa shape index (κ1) is 20.6. The summed E-state index contributed by atoms with van der Waals surface area (Å²) < 4.78 is 6.47. The average molecular weight is 439 g/mol. The minimum absolute atomic E-state index is 0.0641. The zero-order valence-electron chi connectivity index (χ0n) is 19.7. The van der Waals surface area contributed by atoms with Gasteiger partial charge in [0.05, 0.1) is 31.7 Å². The molecule has 6 aliphatic rings. The third kappa shape index (κ3) is 2.82. The maximum Gasteiger partial charge on any atom is 0.225 e. The molecule has 4 aliphatic heterocycles. The summed E-state index contributed by atoms with van der Waals surface area (Å²) in [5, 5.41) is 12.1. The molecule has 2 spiro atoms. The number of nitrogens with zero attached hydrogens (tertiary/aromatic N) is 3. The highest BCUT2D eigenvalue weighted by Gasteiger charge is 2.63.